The maximum absolute atomic E-state index is 13.2. The fraction of sp³-hybridized carbons (Fsp3) is 0.867. The molecule has 25 heavy (non-hydrogen) atoms. The second kappa shape index (κ2) is 12.6. The lowest BCUT2D eigenvalue weighted by molar-refractivity contribution is -0.198. The molecule has 10 heteroatoms. The molecule has 0 amide bonds. The third-order valence-electron chi connectivity index (χ3n) is 3.33. The normalized spacial score (nSPS) is 13.8. The van der Waals surface area contributed by atoms with Crippen molar-refractivity contribution in [2.24, 2.45) is 5.73 Å². The van der Waals surface area contributed by atoms with Crippen molar-refractivity contribution in [2.75, 3.05) is 6.54 Å². The summed E-state index contributed by atoms with van der Waals surface area (Å²) in [5, 5.41) is -5.83. The van der Waals surface area contributed by atoms with Gasteiger partial charge in [0.05, 0.1) is 0 Å². The predicted molar refractivity (Wildman–Crippen MR) is 88.2 cm³/mol. The summed E-state index contributed by atoms with van der Waals surface area (Å²) in [5.41, 5.74) is 4.91. The molecular formula is C15H28F5NO3S. The fourth-order valence-electron chi connectivity index (χ4n) is 1.82. The summed E-state index contributed by atoms with van der Waals surface area (Å²) >= 11 is 0. The number of nitrogens with two attached hydrogens (primary N) is 1. The lowest BCUT2D eigenvalue weighted by Gasteiger charge is -2.26. The summed E-state index contributed by atoms with van der Waals surface area (Å²) in [6.45, 7) is 5.96. The summed E-state index contributed by atoms with van der Waals surface area (Å²) < 4.78 is 93.7. The Morgan fingerprint density at radius 3 is 1.84 bits per heavy atom. The van der Waals surface area contributed by atoms with Crippen molar-refractivity contribution in [3.05, 3.63) is 12.7 Å². The minimum Gasteiger partial charge on any atom is -0.327 e. The van der Waals surface area contributed by atoms with Crippen LogP contribution in [0.5, 0.6) is 0 Å². The first-order chi connectivity index (χ1) is 11.4. The van der Waals surface area contributed by atoms with Crippen LogP contribution in [0.25, 0.3) is 0 Å². The van der Waals surface area contributed by atoms with E-state index in [1.807, 2.05) is 6.92 Å². The molecule has 0 aliphatic heterocycles. The van der Waals surface area contributed by atoms with E-state index in [9.17, 15) is 30.4 Å². The lowest BCUT2D eigenvalue weighted by Crippen LogP contribution is -2.52. The number of unbranched alkanes of at least 4 members (excludes halogenated alkanes) is 6. The van der Waals surface area contributed by atoms with E-state index >= 15 is 0 Å². The number of halogens is 5. The Labute approximate surface area is 146 Å². The highest BCUT2D eigenvalue weighted by Crippen LogP contribution is 2.43. The molecule has 0 aliphatic rings. The first kappa shape index (κ1) is 26.5. The minimum absolute atomic E-state index is 0.0512. The summed E-state index contributed by atoms with van der Waals surface area (Å²) in [5.74, 6) is -5.46. The van der Waals surface area contributed by atoms with Crippen LogP contribution in [-0.4, -0.2) is 36.9 Å². The van der Waals surface area contributed by atoms with Gasteiger partial charge in [-0.25, -0.2) is 4.39 Å². The SMILES string of the molecule is C=CCN.CCCCCCCCCC(F)C(F)(F)C(F)(F)S(=O)(=O)O. The van der Waals surface area contributed by atoms with Crippen LogP contribution >= 0.6 is 0 Å². The van der Waals surface area contributed by atoms with Gasteiger partial charge in [-0.1, -0.05) is 57.9 Å². The zero-order valence-electron chi connectivity index (χ0n) is 14.4. The van der Waals surface area contributed by atoms with Gasteiger partial charge in [-0.3, -0.25) is 4.55 Å². The largest absolute Gasteiger partial charge is 0.434 e. The van der Waals surface area contributed by atoms with E-state index in [1.165, 1.54) is 0 Å². The topological polar surface area (TPSA) is 80.4 Å². The smallest absolute Gasteiger partial charge is 0.327 e. The zero-order valence-corrected chi connectivity index (χ0v) is 15.2. The Kier molecular flexibility index (Phi) is 13.3. The maximum atomic E-state index is 13.2. The highest BCUT2D eigenvalue weighted by molar-refractivity contribution is 7.87. The number of hydrogen-bond acceptors (Lipinski definition) is 3. The average molecular weight is 397 g/mol. The second-order valence-electron chi connectivity index (χ2n) is 5.52. The van der Waals surface area contributed by atoms with E-state index in [0.29, 0.717) is 19.4 Å². The lowest BCUT2D eigenvalue weighted by atomic mass is 10.0. The average Bonchev–Trinajstić information content (AvgIpc) is 2.52. The molecule has 1 unspecified atom stereocenters. The van der Waals surface area contributed by atoms with Gasteiger partial charge in [0.1, 0.15) is 0 Å². The Bertz CT molecular complexity index is 458. The van der Waals surface area contributed by atoms with Crippen molar-refractivity contribution >= 4 is 10.1 Å². The molecule has 0 saturated heterocycles. The van der Waals surface area contributed by atoms with Gasteiger partial charge in [0.2, 0.25) is 0 Å². The molecule has 0 radical (unpaired) electrons. The predicted octanol–water partition coefficient (Wildman–Crippen LogP) is 4.71. The number of hydrogen-bond donors (Lipinski definition) is 2. The molecule has 0 saturated carbocycles. The summed E-state index contributed by atoms with van der Waals surface area (Å²) in [7, 11) is -6.37. The van der Waals surface area contributed by atoms with Gasteiger partial charge in [-0.2, -0.15) is 26.0 Å². The van der Waals surface area contributed by atoms with E-state index in [1.54, 1.807) is 6.08 Å². The third-order valence-corrected chi connectivity index (χ3v) is 4.25. The van der Waals surface area contributed by atoms with E-state index in [4.69, 9.17) is 10.3 Å². The molecule has 3 N–H and O–H groups in total. The van der Waals surface area contributed by atoms with Crippen molar-refractivity contribution < 1.29 is 34.9 Å². The highest BCUT2D eigenvalue weighted by Gasteiger charge is 2.69. The molecule has 1 atom stereocenters. The van der Waals surface area contributed by atoms with Gasteiger partial charge in [0.25, 0.3) is 0 Å². The Hall–Kier alpha value is -0.740. The van der Waals surface area contributed by atoms with Gasteiger partial charge >= 0.3 is 21.3 Å². The van der Waals surface area contributed by atoms with Crippen molar-refractivity contribution in [2.45, 2.75) is 75.6 Å². The van der Waals surface area contributed by atoms with Crippen LogP contribution in [0.4, 0.5) is 22.0 Å². The van der Waals surface area contributed by atoms with Gasteiger partial charge in [-0.15, -0.1) is 6.58 Å². The van der Waals surface area contributed by atoms with Crippen LogP contribution < -0.4 is 5.73 Å². The first-order valence-corrected chi connectivity index (χ1v) is 9.51. The number of alkyl halides is 5. The molecule has 4 nitrogen and oxygen atoms in total. The Morgan fingerprint density at radius 2 is 1.48 bits per heavy atom. The molecule has 0 aromatic heterocycles. The van der Waals surface area contributed by atoms with Crippen molar-refractivity contribution in [3.8, 4) is 0 Å². The first-order valence-electron chi connectivity index (χ1n) is 8.07. The highest BCUT2D eigenvalue weighted by atomic mass is 32.2. The Morgan fingerprint density at radius 1 is 1.08 bits per heavy atom. The van der Waals surface area contributed by atoms with Crippen LogP contribution in [-0.2, 0) is 10.1 Å². The minimum atomic E-state index is -6.37. The van der Waals surface area contributed by atoms with Gasteiger partial charge < -0.3 is 5.73 Å². The van der Waals surface area contributed by atoms with E-state index < -0.39 is 33.9 Å². The van der Waals surface area contributed by atoms with Gasteiger partial charge in [-0.05, 0) is 6.42 Å². The van der Waals surface area contributed by atoms with Gasteiger partial charge in [0.15, 0.2) is 6.17 Å². The van der Waals surface area contributed by atoms with Crippen LogP contribution in [0.3, 0.4) is 0 Å². The molecule has 0 fully saturated rings. The molecule has 0 spiro atoms. The molecule has 0 aromatic rings. The molecule has 0 aliphatic carbocycles. The van der Waals surface area contributed by atoms with Crippen LogP contribution in [0.2, 0.25) is 0 Å². The van der Waals surface area contributed by atoms with Gasteiger partial charge in [0, 0.05) is 6.54 Å². The second-order valence-corrected chi connectivity index (χ2v) is 6.98. The van der Waals surface area contributed by atoms with E-state index in [-0.39, 0.29) is 6.42 Å². The zero-order chi connectivity index (χ0) is 20.1. The molecule has 0 bridgehead atoms. The summed E-state index contributed by atoms with van der Waals surface area (Å²) in [6, 6.07) is 0. The van der Waals surface area contributed by atoms with Crippen molar-refractivity contribution in [1.29, 1.82) is 0 Å². The van der Waals surface area contributed by atoms with E-state index in [0.717, 1.165) is 25.7 Å². The quantitative estimate of drug-likeness (QED) is 0.216. The standard InChI is InChI=1S/C12H21F5O3S.C3H7N/c1-2-3-4-5-6-7-8-9-10(13)11(14,15)12(16,17)21(18,19)20;1-2-3-4/h10H,2-9H2,1H3,(H,18,19,20);2H,1,3-4H2. The maximum Gasteiger partial charge on any atom is 0.434 e. The number of rotatable bonds is 12. The summed E-state index contributed by atoms with van der Waals surface area (Å²) in [6.07, 6.45) is 2.34. The molecular weight excluding hydrogens is 369 g/mol. The molecule has 0 rings (SSSR count). The van der Waals surface area contributed by atoms with Crippen molar-refractivity contribution in [1.82, 2.24) is 0 Å². The molecule has 0 aromatic carbocycles. The Balaban J connectivity index is 0. The monoisotopic (exact) mass is 397 g/mol. The van der Waals surface area contributed by atoms with E-state index in [2.05, 4.69) is 6.58 Å². The molecule has 0 heterocycles. The van der Waals surface area contributed by atoms with Crippen molar-refractivity contribution in [3.63, 3.8) is 0 Å². The molecule has 152 valence electrons. The fourth-order valence-corrected chi connectivity index (χ4v) is 2.29. The van der Waals surface area contributed by atoms with Crippen LogP contribution in [0.15, 0.2) is 12.7 Å². The third kappa shape index (κ3) is 9.50. The summed E-state index contributed by atoms with van der Waals surface area (Å²) in [4.78, 5) is 0. The van der Waals surface area contributed by atoms with Crippen LogP contribution in [0.1, 0.15) is 58.3 Å². The van der Waals surface area contributed by atoms with Crippen LogP contribution in [0, 0.1) is 0 Å².